The number of ether oxygens (including phenoxy) is 3. The first-order chi connectivity index (χ1) is 19.3. The van der Waals surface area contributed by atoms with E-state index in [4.69, 9.17) is 14.2 Å². The lowest BCUT2D eigenvalue weighted by atomic mass is 9.78. The lowest BCUT2D eigenvalue weighted by Gasteiger charge is -2.30. The highest BCUT2D eigenvalue weighted by molar-refractivity contribution is 6.01. The zero-order valence-electron chi connectivity index (χ0n) is 22.5. The molecule has 3 N–H and O–H groups in total. The number of nitrogens with one attached hydrogen (secondary N) is 2. The van der Waals surface area contributed by atoms with Gasteiger partial charge in [-0.25, -0.2) is 0 Å². The number of para-hydroxylation sites is 2. The largest absolute Gasteiger partial charge is 0.500 e. The van der Waals surface area contributed by atoms with Crippen molar-refractivity contribution in [2.24, 2.45) is 0 Å². The van der Waals surface area contributed by atoms with Gasteiger partial charge >= 0.3 is 5.69 Å². The zero-order chi connectivity index (χ0) is 28.4. The monoisotopic (exact) mass is 545 g/mol. The van der Waals surface area contributed by atoms with Crippen LogP contribution in [-0.2, 0) is 4.79 Å². The maximum absolute atomic E-state index is 13.9. The molecule has 0 radical (unpaired) electrons. The molecule has 0 saturated heterocycles. The molecular weight excluding hydrogens is 514 g/mol. The van der Waals surface area contributed by atoms with Gasteiger partial charge in [0.2, 0.25) is 5.75 Å². The van der Waals surface area contributed by atoms with Crippen LogP contribution in [0.1, 0.15) is 49.8 Å². The molecule has 0 bridgehead atoms. The zero-order valence-corrected chi connectivity index (χ0v) is 22.5. The summed E-state index contributed by atoms with van der Waals surface area (Å²) < 4.78 is 16.7. The molecule has 2 aliphatic rings. The Kier molecular flexibility index (Phi) is 7.50. The molecule has 3 aromatic rings. The molecule has 2 unspecified atom stereocenters. The summed E-state index contributed by atoms with van der Waals surface area (Å²) in [7, 11) is 1.59. The number of fused-ring (bicyclic) bond motifs is 1. The van der Waals surface area contributed by atoms with Crippen molar-refractivity contribution in [2.45, 2.75) is 38.6 Å². The summed E-state index contributed by atoms with van der Waals surface area (Å²) in [6, 6.07) is 15.4. The molecule has 0 amide bonds. The third-order valence-electron chi connectivity index (χ3n) is 7.17. The molecule has 10 nitrogen and oxygen atoms in total. The Morgan fingerprint density at radius 3 is 2.35 bits per heavy atom. The summed E-state index contributed by atoms with van der Waals surface area (Å²) >= 11 is 0. The minimum Gasteiger partial charge on any atom is -0.500 e. The van der Waals surface area contributed by atoms with Crippen molar-refractivity contribution in [1.82, 2.24) is 0 Å². The SMILES string of the molecule is CCOc1ccc(C2CC(=O)C3=C(C2)Nc2ccccc2NC3c2cc(OCC)c(O)c([N+](=O)[O-])c2)cc1OC. The molecule has 1 heterocycles. The van der Waals surface area contributed by atoms with Crippen LogP contribution in [0.15, 0.2) is 65.9 Å². The van der Waals surface area contributed by atoms with Crippen molar-refractivity contribution in [3.05, 3.63) is 87.1 Å². The minimum absolute atomic E-state index is 0.0104. The van der Waals surface area contributed by atoms with Crippen LogP contribution < -0.4 is 24.8 Å². The van der Waals surface area contributed by atoms with Gasteiger partial charge in [-0.05, 0) is 67.6 Å². The summed E-state index contributed by atoms with van der Waals surface area (Å²) in [6.45, 7) is 4.34. The van der Waals surface area contributed by atoms with Gasteiger partial charge in [0, 0.05) is 23.8 Å². The molecule has 0 spiro atoms. The van der Waals surface area contributed by atoms with E-state index in [1.807, 2.05) is 49.4 Å². The number of rotatable bonds is 8. The minimum atomic E-state index is -0.715. The lowest BCUT2D eigenvalue weighted by Crippen LogP contribution is -2.27. The molecule has 0 saturated carbocycles. The van der Waals surface area contributed by atoms with Crippen LogP contribution in [-0.4, -0.2) is 36.1 Å². The Labute approximate surface area is 231 Å². The fourth-order valence-electron chi connectivity index (χ4n) is 5.38. The van der Waals surface area contributed by atoms with Crippen LogP contribution >= 0.6 is 0 Å². The first-order valence-electron chi connectivity index (χ1n) is 13.2. The van der Waals surface area contributed by atoms with E-state index in [9.17, 15) is 20.0 Å². The Balaban J connectivity index is 1.62. The predicted molar refractivity (Wildman–Crippen MR) is 151 cm³/mol. The van der Waals surface area contributed by atoms with Crippen LogP contribution in [0.25, 0.3) is 0 Å². The van der Waals surface area contributed by atoms with Gasteiger partial charge in [0.25, 0.3) is 0 Å². The van der Waals surface area contributed by atoms with Gasteiger partial charge in [-0.2, -0.15) is 0 Å². The van der Waals surface area contributed by atoms with Crippen LogP contribution in [0.5, 0.6) is 23.0 Å². The fourth-order valence-corrected chi connectivity index (χ4v) is 5.38. The summed E-state index contributed by atoms with van der Waals surface area (Å²) in [5.41, 5.74) is 3.64. The molecule has 40 heavy (non-hydrogen) atoms. The van der Waals surface area contributed by atoms with Gasteiger partial charge in [0.1, 0.15) is 0 Å². The smallest absolute Gasteiger partial charge is 0.315 e. The van der Waals surface area contributed by atoms with E-state index in [-0.39, 0.29) is 30.5 Å². The maximum Gasteiger partial charge on any atom is 0.315 e. The number of carbonyl (C=O) groups excluding carboxylic acids is 1. The Morgan fingerprint density at radius 2 is 1.65 bits per heavy atom. The first-order valence-corrected chi connectivity index (χ1v) is 13.2. The summed E-state index contributed by atoms with van der Waals surface area (Å²) in [4.78, 5) is 25.1. The molecular formula is C30H31N3O7. The van der Waals surface area contributed by atoms with E-state index in [0.29, 0.717) is 35.7 Å². The molecule has 1 aliphatic carbocycles. The van der Waals surface area contributed by atoms with Crippen LogP contribution in [0.3, 0.4) is 0 Å². The number of hydrogen-bond donors (Lipinski definition) is 3. The van der Waals surface area contributed by atoms with Crippen molar-refractivity contribution in [3.63, 3.8) is 0 Å². The summed E-state index contributed by atoms with van der Waals surface area (Å²) in [5.74, 6) is 0.471. The number of aromatic hydroxyl groups is 1. The van der Waals surface area contributed by atoms with Crippen molar-refractivity contribution in [3.8, 4) is 23.0 Å². The van der Waals surface area contributed by atoms with Crippen LogP contribution in [0.4, 0.5) is 17.1 Å². The second-order valence-electron chi connectivity index (χ2n) is 9.59. The molecule has 0 fully saturated rings. The second-order valence-corrected chi connectivity index (χ2v) is 9.59. The van der Waals surface area contributed by atoms with E-state index in [1.54, 1.807) is 20.1 Å². The van der Waals surface area contributed by atoms with Gasteiger partial charge in [-0.1, -0.05) is 18.2 Å². The topological polar surface area (TPSA) is 132 Å². The normalized spacial score (nSPS) is 18.0. The third kappa shape index (κ3) is 5.00. The van der Waals surface area contributed by atoms with Crippen molar-refractivity contribution < 1.29 is 29.0 Å². The number of phenols is 1. The van der Waals surface area contributed by atoms with Gasteiger partial charge in [0.15, 0.2) is 23.0 Å². The Bertz CT molecular complexity index is 1500. The van der Waals surface area contributed by atoms with E-state index in [0.717, 1.165) is 22.6 Å². The van der Waals surface area contributed by atoms with E-state index < -0.39 is 22.4 Å². The summed E-state index contributed by atoms with van der Waals surface area (Å²) in [6.07, 6.45) is 0.772. The standard InChI is InChI=1S/C30H31N3O7/c1-4-39-25-11-10-17(15-26(25)38-3)18-12-22-28(24(34)14-18)29(32-21-9-7-6-8-20(21)31-22)19-13-23(33(36)37)30(35)27(16-19)40-5-2/h6-11,13,15-16,18,29,31-32,35H,4-5,12,14H2,1-3H3. The number of Topliss-reactive ketones (excluding diaryl/α,β-unsaturated/α-hetero) is 1. The lowest BCUT2D eigenvalue weighted by molar-refractivity contribution is -0.386. The Hall–Kier alpha value is -4.73. The van der Waals surface area contributed by atoms with Crippen molar-refractivity contribution >= 4 is 22.8 Å². The molecule has 0 aromatic heterocycles. The highest BCUT2D eigenvalue weighted by Gasteiger charge is 2.37. The first kappa shape index (κ1) is 26.9. The number of allylic oxidation sites excluding steroid dienone is 1. The average molecular weight is 546 g/mol. The van der Waals surface area contributed by atoms with E-state index in [1.165, 1.54) is 6.07 Å². The van der Waals surface area contributed by atoms with Crippen molar-refractivity contribution in [2.75, 3.05) is 31.0 Å². The highest BCUT2D eigenvalue weighted by Crippen LogP contribution is 2.47. The third-order valence-corrected chi connectivity index (χ3v) is 7.17. The molecule has 208 valence electrons. The number of nitro groups is 1. The maximum atomic E-state index is 13.9. The number of carbonyl (C=O) groups is 1. The van der Waals surface area contributed by atoms with E-state index in [2.05, 4.69) is 10.6 Å². The average Bonchev–Trinajstić information content (AvgIpc) is 3.11. The molecule has 3 aromatic carbocycles. The predicted octanol–water partition coefficient (Wildman–Crippen LogP) is 6.09. The number of ketones is 1. The number of nitrogens with zero attached hydrogens (tertiary/aromatic N) is 1. The fraction of sp³-hybridized carbons (Fsp3) is 0.300. The molecule has 10 heteroatoms. The number of hydrogen-bond acceptors (Lipinski definition) is 9. The number of benzene rings is 3. The van der Waals surface area contributed by atoms with Gasteiger partial charge < -0.3 is 30.0 Å². The van der Waals surface area contributed by atoms with Gasteiger partial charge in [0.05, 0.1) is 42.7 Å². The number of nitro benzene ring substituents is 1. The molecule has 1 aliphatic heterocycles. The van der Waals surface area contributed by atoms with Gasteiger partial charge in [-0.15, -0.1) is 0 Å². The van der Waals surface area contributed by atoms with E-state index >= 15 is 0 Å². The second kappa shape index (κ2) is 11.2. The number of methoxy groups -OCH3 is 1. The summed E-state index contributed by atoms with van der Waals surface area (Å²) in [5, 5.41) is 29.2. The number of anilines is 2. The quantitative estimate of drug-likeness (QED) is 0.227. The highest BCUT2D eigenvalue weighted by atomic mass is 16.6. The molecule has 5 rings (SSSR count). The Morgan fingerprint density at radius 1 is 0.950 bits per heavy atom. The molecule has 2 atom stereocenters. The van der Waals surface area contributed by atoms with Crippen LogP contribution in [0.2, 0.25) is 0 Å². The number of phenolic OH excluding ortho intramolecular Hbond substituents is 1. The van der Waals surface area contributed by atoms with Crippen LogP contribution in [0, 0.1) is 10.1 Å². The van der Waals surface area contributed by atoms with Gasteiger partial charge in [-0.3, -0.25) is 14.9 Å². The van der Waals surface area contributed by atoms with Crippen molar-refractivity contribution in [1.29, 1.82) is 0 Å².